The van der Waals surface area contributed by atoms with Gasteiger partial charge in [0.1, 0.15) is 0 Å². The minimum atomic E-state index is 0.302. The van der Waals surface area contributed by atoms with Crippen molar-refractivity contribution in [2.45, 2.75) is 51.9 Å². The summed E-state index contributed by atoms with van der Waals surface area (Å²) < 4.78 is 0. The normalized spacial score (nSPS) is 18.0. The molecule has 2 heterocycles. The molecular formula is C18H26N2O. The fourth-order valence-corrected chi connectivity index (χ4v) is 3.46. The number of carbonyl (C=O) groups is 1. The Morgan fingerprint density at radius 2 is 1.95 bits per heavy atom. The molecule has 2 aliphatic rings. The molecule has 0 aliphatic carbocycles. The Labute approximate surface area is 127 Å². The fraction of sp³-hybridized carbons (Fsp3) is 0.611. The van der Waals surface area contributed by atoms with Crippen LogP contribution in [0.4, 0.5) is 11.4 Å². The summed E-state index contributed by atoms with van der Waals surface area (Å²) in [6.07, 6.45) is 7.54. The average Bonchev–Trinajstić information content (AvgIpc) is 3.06. The molecule has 1 fully saturated rings. The molecule has 3 nitrogen and oxygen atoms in total. The molecule has 1 aromatic carbocycles. The molecule has 3 heteroatoms. The fourth-order valence-electron chi connectivity index (χ4n) is 3.46. The van der Waals surface area contributed by atoms with Gasteiger partial charge >= 0.3 is 0 Å². The predicted octanol–water partition coefficient (Wildman–Crippen LogP) is 3.76. The highest BCUT2D eigenvalue weighted by molar-refractivity contribution is 5.95. The number of benzene rings is 1. The zero-order chi connectivity index (χ0) is 14.7. The number of amides is 1. The van der Waals surface area contributed by atoms with Crippen LogP contribution in [-0.4, -0.2) is 25.5 Å². The summed E-state index contributed by atoms with van der Waals surface area (Å²) in [6.45, 7) is 5.34. The number of aryl methyl sites for hydroxylation is 1. The molecule has 1 amide bonds. The van der Waals surface area contributed by atoms with Gasteiger partial charge in [-0.3, -0.25) is 4.79 Å². The molecule has 0 unspecified atom stereocenters. The number of rotatable bonds is 4. The summed E-state index contributed by atoms with van der Waals surface area (Å²) in [4.78, 5) is 16.9. The minimum Gasteiger partial charge on any atom is -0.371 e. The van der Waals surface area contributed by atoms with Crippen LogP contribution in [0.25, 0.3) is 0 Å². The molecule has 1 saturated heterocycles. The van der Waals surface area contributed by atoms with Crippen LogP contribution in [0.3, 0.4) is 0 Å². The number of carbonyl (C=O) groups excluding carboxylic acids is 1. The molecule has 3 rings (SSSR count). The number of fused-ring (bicyclic) bond motifs is 1. The van der Waals surface area contributed by atoms with E-state index in [0.29, 0.717) is 12.3 Å². The predicted molar refractivity (Wildman–Crippen MR) is 88.1 cm³/mol. The van der Waals surface area contributed by atoms with E-state index in [1.165, 1.54) is 29.8 Å². The minimum absolute atomic E-state index is 0.302. The maximum atomic E-state index is 12.5. The first-order valence-electron chi connectivity index (χ1n) is 8.48. The summed E-state index contributed by atoms with van der Waals surface area (Å²) in [5.74, 6) is 0.302. The van der Waals surface area contributed by atoms with E-state index in [0.717, 1.165) is 45.3 Å². The summed E-state index contributed by atoms with van der Waals surface area (Å²) in [7, 11) is 0. The largest absolute Gasteiger partial charge is 0.371 e. The first-order valence-corrected chi connectivity index (χ1v) is 8.48. The highest BCUT2D eigenvalue weighted by Gasteiger charge is 2.23. The Morgan fingerprint density at radius 3 is 2.71 bits per heavy atom. The Hall–Kier alpha value is -1.51. The summed E-state index contributed by atoms with van der Waals surface area (Å²) in [5.41, 5.74) is 3.81. The topological polar surface area (TPSA) is 23.6 Å². The molecular weight excluding hydrogens is 260 g/mol. The van der Waals surface area contributed by atoms with Crippen molar-refractivity contribution in [1.29, 1.82) is 0 Å². The summed E-state index contributed by atoms with van der Waals surface area (Å²) in [5, 5.41) is 0. The molecule has 0 spiro atoms. The lowest BCUT2D eigenvalue weighted by Gasteiger charge is -2.31. The van der Waals surface area contributed by atoms with E-state index < -0.39 is 0 Å². The van der Waals surface area contributed by atoms with Gasteiger partial charge in [-0.15, -0.1) is 0 Å². The van der Waals surface area contributed by atoms with Gasteiger partial charge in [-0.25, -0.2) is 0 Å². The lowest BCUT2D eigenvalue weighted by atomic mass is 10.00. The summed E-state index contributed by atoms with van der Waals surface area (Å²) in [6, 6.07) is 6.73. The van der Waals surface area contributed by atoms with Crippen molar-refractivity contribution < 1.29 is 4.79 Å². The number of hydrogen-bond donors (Lipinski definition) is 0. The van der Waals surface area contributed by atoms with Crippen molar-refractivity contribution in [2.24, 2.45) is 0 Å². The van der Waals surface area contributed by atoms with Crippen LogP contribution in [0.1, 0.15) is 51.0 Å². The van der Waals surface area contributed by atoms with Crippen LogP contribution in [0.2, 0.25) is 0 Å². The lowest BCUT2D eigenvalue weighted by Crippen LogP contribution is -2.35. The highest BCUT2D eigenvalue weighted by Crippen LogP contribution is 2.33. The maximum absolute atomic E-state index is 12.5. The van der Waals surface area contributed by atoms with Crippen LogP contribution < -0.4 is 9.80 Å². The van der Waals surface area contributed by atoms with Crippen molar-refractivity contribution in [3.8, 4) is 0 Å². The Kier molecular flexibility index (Phi) is 4.47. The Morgan fingerprint density at radius 1 is 1.14 bits per heavy atom. The zero-order valence-corrected chi connectivity index (χ0v) is 13.1. The number of hydrogen-bond acceptors (Lipinski definition) is 2. The van der Waals surface area contributed by atoms with Gasteiger partial charge in [-0.05, 0) is 49.8 Å². The second-order valence-electron chi connectivity index (χ2n) is 6.26. The monoisotopic (exact) mass is 286 g/mol. The van der Waals surface area contributed by atoms with E-state index in [4.69, 9.17) is 0 Å². The number of nitrogens with zero attached hydrogens (tertiary/aromatic N) is 2. The first kappa shape index (κ1) is 14.4. The Balaban J connectivity index is 1.84. The van der Waals surface area contributed by atoms with Crippen molar-refractivity contribution >= 4 is 17.3 Å². The van der Waals surface area contributed by atoms with E-state index in [9.17, 15) is 4.79 Å². The smallest absolute Gasteiger partial charge is 0.226 e. The van der Waals surface area contributed by atoms with Crippen LogP contribution in [0.15, 0.2) is 18.2 Å². The zero-order valence-electron chi connectivity index (χ0n) is 13.1. The van der Waals surface area contributed by atoms with Gasteiger partial charge in [-0.1, -0.05) is 19.4 Å². The van der Waals surface area contributed by atoms with E-state index in [-0.39, 0.29) is 0 Å². The molecule has 0 atom stereocenters. The van der Waals surface area contributed by atoms with Gasteiger partial charge in [0.25, 0.3) is 0 Å². The Bertz CT molecular complexity index is 506. The van der Waals surface area contributed by atoms with Gasteiger partial charge in [-0.2, -0.15) is 0 Å². The third kappa shape index (κ3) is 3.07. The summed E-state index contributed by atoms with van der Waals surface area (Å²) >= 11 is 0. The number of anilines is 2. The molecule has 0 N–H and O–H groups in total. The van der Waals surface area contributed by atoms with Crippen LogP contribution in [0, 0.1) is 0 Å². The first-order chi connectivity index (χ1) is 10.3. The van der Waals surface area contributed by atoms with E-state index >= 15 is 0 Å². The SMILES string of the molecule is CCCCC(=O)N1CCCc2ccc(N3CCCC3)cc21. The molecule has 0 bridgehead atoms. The lowest BCUT2D eigenvalue weighted by molar-refractivity contribution is -0.118. The van der Waals surface area contributed by atoms with Crippen molar-refractivity contribution in [3.63, 3.8) is 0 Å². The molecule has 114 valence electrons. The van der Waals surface area contributed by atoms with Crippen LogP contribution >= 0.6 is 0 Å². The van der Waals surface area contributed by atoms with Gasteiger partial charge in [0.15, 0.2) is 0 Å². The standard InChI is InChI=1S/C18H26N2O/c1-2-3-8-18(21)20-13-6-7-15-9-10-16(14-17(15)20)19-11-4-5-12-19/h9-10,14H,2-8,11-13H2,1H3. The van der Waals surface area contributed by atoms with E-state index in [1.807, 2.05) is 4.90 Å². The third-order valence-corrected chi connectivity index (χ3v) is 4.70. The van der Waals surface area contributed by atoms with Gasteiger partial charge < -0.3 is 9.80 Å². The molecule has 0 radical (unpaired) electrons. The van der Waals surface area contributed by atoms with E-state index in [1.54, 1.807) is 0 Å². The molecule has 0 aromatic heterocycles. The average molecular weight is 286 g/mol. The van der Waals surface area contributed by atoms with E-state index in [2.05, 4.69) is 30.0 Å². The third-order valence-electron chi connectivity index (χ3n) is 4.70. The second kappa shape index (κ2) is 6.50. The molecule has 21 heavy (non-hydrogen) atoms. The molecule has 0 saturated carbocycles. The molecule has 2 aliphatic heterocycles. The van der Waals surface area contributed by atoms with Crippen molar-refractivity contribution in [1.82, 2.24) is 0 Å². The van der Waals surface area contributed by atoms with Crippen molar-refractivity contribution in [2.75, 3.05) is 29.4 Å². The van der Waals surface area contributed by atoms with Crippen LogP contribution in [-0.2, 0) is 11.2 Å². The van der Waals surface area contributed by atoms with Gasteiger partial charge in [0.05, 0.1) is 0 Å². The number of unbranched alkanes of at least 4 members (excludes halogenated alkanes) is 1. The van der Waals surface area contributed by atoms with Crippen LogP contribution in [0.5, 0.6) is 0 Å². The maximum Gasteiger partial charge on any atom is 0.226 e. The second-order valence-corrected chi connectivity index (χ2v) is 6.26. The van der Waals surface area contributed by atoms with Gasteiger partial charge in [0.2, 0.25) is 5.91 Å². The molecule has 1 aromatic rings. The quantitative estimate of drug-likeness (QED) is 0.841. The van der Waals surface area contributed by atoms with Crippen molar-refractivity contribution in [3.05, 3.63) is 23.8 Å². The highest BCUT2D eigenvalue weighted by atomic mass is 16.2. The van der Waals surface area contributed by atoms with Gasteiger partial charge in [0, 0.05) is 37.4 Å².